The van der Waals surface area contributed by atoms with Gasteiger partial charge in [-0.3, -0.25) is 4.79 Å². The van der Waals surface area contributed by atoms with Crippen LogP contribution in [-0.2, 0) is 11.2 Å². The zero-order valence-corrected chi connectivity index (χ0v) is 18.4. The van der Waals surface area contributed by atoms with E-state index in [1.807, 2.05) is 61.7 Å². The van der Waals surface area contributed by atoms with Gasteiger partial charge in [0, 0.05) is 22.0 Å². The fourth-order valence-electron chi connectivity index (χ4n) is 3.26. The number of amides is 1. The Balaban J connectivity index is 1.72. The molecular weight excluding hydrogens is 405 g/mol. The smallest absolute Gasteiger partial charge is 0.244 e. The lowest BCUT2D eigenvalue weighted by molar-refractivity contribution is -0.120. The monoisotopic (exact) mass is 427 g/mol. The summed E-state index contributed by atoms with van der Waals surface area (Å²) in [6.45, 7) is 8.07. The number of nitrogens with zero attached hydrogens (tertiary/aromatic N) is 2. The summed E-state index contributed by atoms with van der Waals surface area (Å²) in [5.41, 5.74) is 9.69. The number of carbonyl (C=O) groups is 1. The van der Waals surface area contributed by atoms with Crippen molar-refractivity contribution in [3.8, 4) is 5.69 Å². The Kier molecular flexibility index (Phi) is 6.46. The minimum atomic E-state index is -0.154. The van der Waals surface area contributed by atoms with E-state index in [4.69, 9.17) is 23.2 Å². The van der Waals surface area contributed by atoms with Crippen molar-refractivity contribution in [1.82, 2.24) is 9.99 Å². The lowest BCUT2D eigenvalue weighted by atomic mass is 10.0. The predicted molar refractivity (Wildman–Crippen MR) is 121 cm³/mol. The molecule has 0 saturated heterocycles. The molecule has 29 heavy (non-hydrogen) atoms. The van der Waals surface area contributed by atoms with Crippen LogP contribution in [0.15, 0.2) is 47.6 Å². The number of halogens is 2. The van der Waals surface area contributed by atoms with E-state index in [0.717, 1.165) is 28.2 Å². The average Bonchev–Trinajstić information content (AvgIpc) is 2.92. The van der Waals surface area contributed by atoms with E-state index in [2.05, 4.69) is 17.5 Å². The first-order valence-corrected chi connectivity index (χ1v) is 10.0. The Labute approximate surface area is 181 Å². The van der Waals surface area contributed by atoms with Crippen molar-refractivity contribution in [2.75, 3.05) is 0 Å². The number of aryl methyl sites for hydroxylation is 3. The van der Waals surface area contributed by atoms with Gasteiger partial charge in [0.25, 0.3) is 0 Å². The average molecular weight is 428 g/mol. The molecule has 1 amide bonds. The van der Waals surface area contributed by atoms with E-state index in [9.17, 15) is 4.79 Å². The first-order valence-electron chi connectivity index (χ1n) is 9.28. The number of benzene rings is 2. The summed E-state index contributed by atoms with van der Waals surface area (Å²) in [5, 5.41) is 5.30. The lowest BCUT2D eigenvalue weighted by Crippen LogP contribution is -2.19. The molecule has 2 aromatic carbocycles. The van der Waals surface area contributed by atoms with Gasteiger partial charge in [0.05, 0.1) is 23.3 Å². The van der Waals surface area contributed by atoms with Crippen molar-refractivity contribution in [3.63, 3.8) is 0 Å². The maximum Gasteiger partial charge on any atom is 0.244 e. The van der Waals surface area contributed by atoms with Crippen LogP contribution in [-0.4, -0.2) is 16.7 Å². The van der Waals surface area contributed by atoms with Gasteiger partial charge in [-0.15, -0.1) is 0 Å². The van der Waals surface area contributed by atoms with Gasteiger partial charge in [0.15, 0.2) is 0 Å². The molecule has 0 radical (unpaired) electrons. The van der Waals surface area contributed by atoms with Crippen LogP contribution in [0.3, 0.4) is 0 Å². The zero-order valence-electron chi connectivity index (χ0n) is 16.9. The topological polar surface area (TPSA) is 46.4 Å². The first kappa shape index (κ1) is 21.2. The summed E-state index contributed by atoms with van der Waals surface area (Å²) in [6.07, 6.45) is 1.94. The number of hydrogen-bond donors (Lipinski definition) is 1. The normalized spacial score (nSPS) is 11.2. The second-order valence-electron chi connectivity index (χ2n) is 7.15. The Morgan fingerprint density at radius 2 is 1.79 bits per heavy atom. The van der Waals surface area contributed by atoms with Gasteiger partial charge in [0.2, 0.25) is 5.91 Å². The molecule has 0 atom stereocenters. The molecule has 0 fully saturated rings. The molecule has 1 heterocycles. The zero-order chi connectivity index (χ0) is 21.1. The summed E-state index contributed by atoms with van der Waals surface area (Å²) in [6, 6.07) is 13.4. The van der Waals surface area contributed by atoms with Crippen LogP contribution < -0.4 is 5.43 Å². The van der Waals surface area contributed by atoms with E-state index in [1.54, 1.807) is 12.3 Å². The molecule has 3 rings (SSSR count). The Hall–Kier alpha value is -2.56. The molecule has 0 aliphatic carbocycles. The second kappa shape index (κ2) is 8.85. The Morgan fingerprint density at radius 3 is 2.48 bits per heavy atom. The number of hydrogen-bond acceptors (Lipinski definition) is 2. The highest BCUT2D eigenvalue weighted by molar-refractivity contribution is 6.35. The number of aromatic nitrogens is 1. The van der Waals surface area contributed by atoms with Crippen LogP contribution in [0, 0.1) is 27.7 Å². The molecule has 1 N–H and O–H groups in total. The summed E-state index contributed by atoms with van der Waals surface area (Å²) in [5.74, 6) is -0.154. The molecule has 0 aliphatic heterocycles. The summed E-state index contributed by atoms with van der Waals surface area (Å²) in [7, 11) is 0. The van der Waals surface area contributed by atoms with Crippen molar-refractivity contribution >= 4 is 35.3 Å². The van der Waals surface area contributed by atoms with E-state index in [0.29, 0.717) is 10.0 Å². The molecule has 0 bridgehead atoms. The molecule has 0 unspecified atom stereocenters. The van der Waals surface area contributed by atoms with Gasteiger partial charge >= 0.3 is 0 Å². The van der Waals surface area contributed by atoms with E-state index < -0.39 is 0 Å². The number of rotatable bonds is 5. The highest BCUT2D eigenvalue weighted by Gasteiger charge is 2.12. The summed E-state index contributed by atoms with van der Waals surface area (Å²) >= 11 is 12.4. The molecule has 0 spiro atoms. The lowest BCUT2D eigenvalue weighted by Gasteiger charge is -2.11. The summed E-state index contributed by atoms with van der Waals surface area (Å²) < 4.78 is 2.04. The van der Waals surface area contributed by atoms with Crippen LogP contribution in [0.1, 0.15) is 33.6 Å². The van der Waals surface area contributed by atoms with Crippen molar-refractivity contribution in [2.45, 2.75) is 34.1 Å². The van der Waals surface area contributed by atoms with E-state index in [1.165, 1.54) is 11.1 Å². The highest BCUT2D eigenvalue weighted by atomic mass is 35.5. The van der Waals surface area contributed by atoms with Crippen molar-refractivity contribution < 1.29 is 4.79 Å². The molecule has 0 aliphatic rings. The van der Waals surface area contributed by atoms with Gasteiger partial charge in [-0.1, -0.05) is 41.4 Å². The Morgan fingerprint density at radius 1 is 1.03 bits per heavy atom. The van der Waals surface area contributed by atoms with Crippen molar-refractivity contribution in [1.29, 1.82) is 0 Å². The Bertz CT molecular complexity index is 1100. The fraction of sp³-hybridized carbons (Fsp3) is 0.217. The van der Waals surface area contributed by atoms with Gasteiger partial charge in [-0.05, 0) is 68.7 Å². The third-order valence-corrected chi connectivity index (χ3v) is 5.49. The van der Waals surface area contributed by atoms with Crippen molar-refractivity contribution in [3.05, 3.63) is 86.2 Å². The number of nitrogens with one attached hydrogen (secondary N) is 1. The number of hydrazone groups is 1. The van der Waals surface area contributed by atoms with Crippen LogP contribution in [0.2, 0.25) is 10.0 Å². The maximum absolute atomic E-state index is 12.2. The van der Waals surface area contributed by atoms with Crippen LogP contribution in [0.25, 0.3) is 5.69 Å². The largest absolute Gasteiger partial charge is 0.316 e. The first-order chi connectivity index (χ1) is 13.8. The van der Waals surface area contributed by atoms with Crippen LogP contribution in [0.4, 0.5) is 0 Å². The van der Waals surface area contributed by atoms with Gasteiger partial charge in [0.1, 0.15) is 0 Å². The van der Waals surface area contributed by atoms with E-state index in [-0.39, 0.29) is 12.3 Å². The van der Waals surface area contributed by atoms with Gasteiger partial charge < -0.3 is 4.57 Å². The van der Waals surface area contributed by atoms with Crippen LogP contribution >= 0.6 is 23.2 Å². The minimum Gasteiger partial charge on any atom is -0.316 e. The molecular formula is C23H23Cl2N3O. The SMILES string of the molecule is Cc1ccc(CC(=O)N/N=C\c2cc(C)n(-c3ccc(Cl)cc3Cl)c2C)cc1C. The molecule has 6 heteroatoms. The quantitative estimate of drug-likeness (QED) is 0.411. The van der Waals surface area contributed by atoms with Crippen molar-refractivity contribution in [2.24, 2.45) is 5.10 Å². The standard InChI is InChI=1S/C23H23Cl2N3O/c1-14-5-6-18(9-15(14)2)11-23(29)27-26-13-19-10-16(3)28(17(19)4)22-8-7-20(24)12-21(22)25/h5-10,12-13H,11H2,1-4H3,(H,27,29)/b26-13-. The highest BCUT2D eigenvalue weighted by Crippen LogP contribution is 2.28. The van der Waals surface area contributed by atoms with Gasteiger partial charge in [-0.25, -0.2) is 5.43 Å². The fourth-order valence-corrected chi connectivity index (χ4v) is 3.76. The van der Waals surface area contributed by atoms with E-state index >= 15 is 0 Å². The number of carbonyl (C=O) groups excluding carboxylic acids is 1. The summed E-state index contributed by atoms with van der Waals surface area (Å²) in [4.78, 5) is 12.2. The van der Waals surface area contributed by atoms with Gasteiger partial charge in [-0.2, -0.15) is 5.10 Å². The van der Waals surface area contributed by atoms with Crippen LogP contribution in [0.5, 0.6) is 0 Å². The maximum atomic E-state index is 12.2. The third kappa shape index (κ3) is 4.89. The minimum absolute atomic E-state index is 0.154. The predicted octanol–water partition coefficient (Wildman–Crippen LogP) is 5.71. The molecule has 0 saturated carbocycles. The second-order valence-corrected chi connectivity index (χ2v) is 7.99. The molecule has 150 valence electrons. The molecule has 4 nitrogen and oxygen atoms in total. The molecule has 3 aromatic rings. The molecule has 1 aromatic heterocycles. The third-order valence-electron chi connectivity index (χ3n) is 4.95.